The average Bonchev–Trinajstić information content (AvgIpc) is 3.22. The molecule has 0 atom stereocenters. The van der Waals surface area contributed by atoms with Crippen LogP contribution < -0.4 is 14.8 Å². The minimum atomic E-state index is -0.184. The van der Waals surface area contributed by atoms with E-state index in [0.717, 1.165) is 35.6 Å². The van der Waals surface area contributed by atoms with E-state index < -0.39 is 0 Å². The predicted molar refractivity (Wildman–Crippen MR) is 134 cm³/mol. The number of benzene rings is 3. The monoisotopic (exact) mass is 457 g/mol. The molecule has 1 N–H and O–H groups in total. The summed E-state index contributed by atoms with van der Waals surface area (Å²) in [6.07, 6.45) is 0.824. The first kappa shape index (κ1) is 23.4. The fourth-order valence-electron chi connectivity index (χ4n) is 3.90. The molecule has 0 fully saturated rings. The number of nitrogens with one attached hydrogen (secondary N) is 1. The van der Waals surface area contributed by atoms with Gasteiger partial charge in [0.1, 0.15) is 17.3 Å². The molecule has 176 valence electrons. The molecule has 0 bridgehead atoms. The van der Waals surface area contributed by atoms with Crippen molar-refractivity contribution in [3.63, 3.8) is 0 Å². The van der Waals surface area contributed by atoms with Gasteiger partial charge in [0.2, 0.25) is 0 Å². The van der Waals surface area contributed by atoms with Crippen LogP contribution in [0.15, 0.2) is 78.9 Å². The van der Waals surface area contributed by atoms with Gasteiger partial charge < -0.3 is 19.4 Å². The number of ether oxygens (including phenoxy) is 2. The van der Waals surface area contributed by atoms with Gasteiger partial charge in [-0.1, -0.05) is 62.4 Å². The van der Waals surface area contributed by atoms with Gasteiger partial charge in [-0.15, -0.1) is 0 Å². The quantitative estimate of drug-likeness (QED) is 0.310. The SMILES string of the molecule is CC(C)c1ccccc1OCCCn1c(CNC(=O)COc2ccccc2)nc2ccccc21. The molecule has 0 radical (unpaired) electrons. The molecule has 0 aliphatic rings. The number of rotatable bonds is 11. The van der Waals surface area contributed by atoms with E-state index in [-0.39, 0.29) is 12.5 Å². The van der Waals surface area contributed by atoms with Gasteiger partial charge in [-0.05, 0) is 48.2 Å². The van der Waals surface area contributed by atoms with Crippen LogP contribution in [0.3, 0.4) is 0 Å². The summed E-state index contributed by atoms with van der Waals surface area (Å²) in [5, 5.41) is 2.93. The number of aryl methyl sites for hydroxylation is 1. The zero-order chi connectivity index (χ0) is 23.8. The lowest BCUT2D eigenvalue weighted by Gasteiger charge is -2.15. The summed E-state index contributed by atoms with van der Waals surface area (Å²) >= 11 is 0. The number of hydrogen-bond donors (Lipinski definition) is 1. The molecule has 0 saturated carbocycles. The molecule has 6 nitrogen and oxygen atoms in total. The van der Waals surface area contributed by atoms with Crippen LogP contribution in [-0.2, 0) is 17.9 Å². The van der Waals surface area contributed by atoms with Crippen LogP contribution in [0.2, 0.25) is 0 Å². The average molecular weight is 458 g/mol. The van der Waals surface area contributed by atoms with Crippen LogP contribution >= 0.6 is 0 Å². The Morgan fingerprint density at radius 3 is 2.50 bits per heavy atom. The Labute approximate surface area is 200 Å². The van der Waals surface area contributed by atoms with Crippen molar-refractivity contribution in [3.8, 4) is 11.5 Å². The van der Waals surface area contributed by atoms with Crippen molar-refractivity contribution in [2.45, 2.75) is 39.3 Å². The molecule has 34 heavy (non-hydrogen) atoms. The van der Waals surface area contributed by atoms with Crippen molar-refractivity contribution < 1.29 is 14.3 Å². The highest BCUT2D eigenvalue weighted by molar-refractivity contribution is 5.78. The number of hydrogen-bond acceptors (Lipinski definition) is 4. The number of amides is 1. The number of fused-ring (bicyclic) bond motifs is 1. The summed E-state index contributed by atoms with van der Waals surface area (Å²) in [7, 11) is 0. The molecule has 0 unspecified atom stereocenters. The predicted octanol–water partition coefficient (Wildman–Crippen LogP) is 5.32. The Morgan fingerprint density at radius 1 is 0.941 bits per heavy atom. The van der Waals surface area contributed by atoms with Gasteiger partial charge in [0.15, 0.2) is 6.61 Å². The van der Waals surface area contributed by atoms with E-state index in [1.54, 1.807) is 0 Å². The zero-order valence-electron chi connectivity index (χ0n) is 19.7. The second kappa shape index (κ2) is 11.4. The Morgan fingerprint density at radius 2 is 1.68 bits per heavy atom. The third kappa shape index (κ3) is 5.95. The molecular formula is C28H31N3O3. The highest BCUT2D eigenvalue weighted by atomic mass is 16.5. The van der Waals surface area contributed by atoms with Crippen LogP contribution in [0.1, 0.15) is 37.6 Å². The van der Waals surface area contributed by atoms with Crippen molar-refractivity contribution in [1.82, 2.24) is 14.9 Å². The summed E-state index contributed by atoms with van der Waals surface area (Å²) in [5.41, 5.74) is 3.19. The molecule has 0 saturated heterocycles. The Balaban J connectivity index is 1.36. The molecule has 1 aromatic heterocycles. The molecule has 0 spiro atoms. The van der Waals surface area contributed by atoms with E-state index in [1.807, 2.05) is 66.7 Å². The molecule has 1 heterocycles. The Kier molecular flexibility index (Phi) is 7.81. The summed E-state index contributed by atoms with van der Waals surface area (Å²) in [6.45, 7) is 6.00. The second-order valence-electron chi connectivity index (χ2n) is 8.44. The number of imidazole rings is 1. The maximum Gasteiger partial charge on any atom is 0.258 e. The van der Waals surface area contributed by atoms with Gasteiger partial charge in [-0.25, -0.2) is 4.98 Å². The first-order chi connectivity index (χ1) is 16.6. The zero-order valence-corrected chi connectivity index (χ0v) is 19.7. The van der Waals surface area contributed by atoms with E-state index in [2.05, 4.69) is 35.9 Å². The number of para-hydroxylation sites is 4. The lowest BCUT2D eigenvalue weighted by atomic mass is 10.0. The molecule has 4 rings (SSSR count). The van der Waals surface area contributed by atoms with E-state index in [4.69, 9.17) is 14.5 Å². The largest absolute Gasteiger partial charge is 0.493 e. The Hall–Kier alpha value is -3.80. The first-order valence-corrected chi connectivity index (χ1v) is 11.7. The van der Waals surface area contributed by atoms with Gasteiger partial charge in [0.25, 0.3) is 5.91 Å². The van der Waals surface area contributed by atoms with E-state index >= 15 is 0 Å². The van der Waals surface area contributed by atoms with E-state index in [9.17, 15) is 4.79 Å². The summed E-state index contributed by atoms with van der Waals surface area (Å²) < 4.78 is 13.8. The third-order valence-corrected chi connectivity index (χ3v) is 5.62. The molecule has 6 heteroatoms. The summed E-state index contributed by atoms with van der Waals surface area (Å²) in [6, 6.07) is 25.5. The van der Waals surface area contributed by atoms with Crippen molar-refractivity contribution in [2.75, 3.05) is 13.2 Å². The number of nitrogens with zero attached hydrogens (tertiary/aromatic N) is 2. The smallest absolute Gasteiger partial charge is 0.258 e. The van der Waals surface area contributed by atoms with Crippen molar-refractivity contribution in [3.05, 3.63) is 90.3 Å². The van der Waals surface area contributed by atoms with Gasteiger partial charge >= 0.3 is 0 Å². The van der Waals surface area contributed by atoms with Crippen LogP contribution in [0.25, 0.3) is 11.0 Å². The molecule has 0 aliphatic carbocycles. The fraction of sp³-hybridized carbons (Fsp3) is 0.286. The lowest BCUT2D eigenvalue weighted by Crippen LogP contribution is -2.29. The molecule has 0 aliphatic heterocycles. The normalized spacial score (nSPS) is 11.0. The summed E-state index contributed by atoms with van der Waals surface area (Å²) in [4.78, 5) is 17.1. The Bertz CT molecular complexity index is 1220. The van der Waals surface area contributed by atoms with Crippen molar-refractivity contribution >= 4 is 16.9 Å². The minimum Gasteiger partial charge on any atom is -0.493 e. The fourth-order valence-corrected chi connectivity index (χ4v) is 3.90. The first-order valence-electron chi connectivity index (χ1n) is 11.7. The molecular weight excluding hydrogens is 426 g/mol. The third-order valence-electron chi connectivity index (χ3n) is 5.62. The molecule has 4 aromatic rings. The standard InChI is InChI=1S/C28H31N3O3/c1-21(2)23-13-6-9-16-26(23)33-18-10-17-31-25-15-8-7-14-24(25)30-27(31)19-29-28(32)20-34-22-11-4-3-5-12-22/h3-9,11-16,21H,10,17-20H2,1-2H3,(H,29,32). The molecule has 3 aromatic carbocycles. The number of aromatic nitrogens is 2. The second-order valence-corrected chi connectivity index (χ2v) is 8.44. The van der Waals surface area contributed by atoms with E-state index in [0.29, 0.717) is 24.8 Å². The number of carbonyl (C=O) groups is 1. The molecule has 1 amide bonds. The highest BCUT2D eigenvalue weighted by Gasteiger charge is 2.12. The topological polar surface area (TPSA) is 65.4 Å². The van der Waals surface area contributed by atoms with E-state index in [1.165, 1.54) is 5.56 Å². The van der Waals surface area contributed by atoms with Crippen molar-refractivity contribution in [2.24, 2.45) is 0 Å². The van der Waals surface area contributed by atoms with Crippen LogP contribution in [-0.4, -0.2) is 28.7 Å². The maximum absolute atomic E-state index is 12.3. The van der Waals surface area contributed by atoms with Crippen LogP contribution in [0.4, 0.5) is 0 Å². The van der Waals surface area contributed by atoms with Gasteiger partial charge in [0.05, 0.1) is 24.2 Å². The van der Waals surface area contributed by atoms with Crippen LogP contribution in [0.5, 0.6) is 11.5 Å². The summed E-state index contributed by atoms with van der Waals surface area (Å²) in [5.74, 6) is 2.66. The maximum atomic E-state index is 12.3. The van der Waals surface area contributed by atoms with Gasteiger partial charge in [-0.3, -0.25) is 4.79 Å². The lowest BCUT2D eigenvalue weighted by molar-refractivity contribution is -0.123. The van der Waals surface area contributed by atoms with Gasteiger partial charge in [0, 0.05) is 6.54 Å². The van der Waals surface area contributed by atoms with Crippen LogP contribution in [0, 0.1) is 0 Å². The van der Waals surface area contributed by atoms with Gasteiger partial charge in [-0.2, -0.15) is 0 Å². The number of carbonyl (C=O) groups excluding carboxylic acids is 1. The highest BCUT2D eigenvalue weighted by Crippen LogP contribution is 2.26. The van der Waals surface area contributed by atoms with Crippen molar-refractivity contribution in [1.29, 1.82) is 0 Å². The minimum absolute atomic E-state index is 0.0344.